The van der Waals surface area contributed by atoms with Gasteiger partial charge in [0.25, 0.3) is 11.6 Å². The number of carbonyl (C=O) groups excluding carboxylic acids is 1. The number of benzene rings is 2. The maximum atomic E-state index is 13.1. The Labute approximate surface area is 155 Å². The van der Waals surface area contributed by atoms with Gasteiger partial charge in [0.05, 0.1) is 18.1 Å². The molecule has 0 fully saturated rings. The van der Waals surface area contributed by atoms with Crippen molar-refractivity contribution in [1.29, 1.82) is 0 Å². The topological polar surface area (TPSA) is 91.1 Å². The van der Waals surface area contributed by atoms with Crippen LogP contribution < -0.4 is 14.2 Å². The minimum atomic E-state index is -0.563. The zero-order valence-electron chi connectivity index (χ0n) is 14.8. The van der Waals surface area contributed by atoms with Gasteiger partial charge < -0.3 is 19.1 Å². The predicted octanol–water partition coefficient (Wildman–Crippen LogP) is 2.57. The fourth-order valence-corrected chi connectivity index (χ4v) is 3.40. The second-order valence-corrected chi connectivity index (χ2v) is 6.38. The molecule has 1 amide bonds. The molecule has 0 atom stereocenters. The molecule has 0 radical (unpaired) electrons. The summed E-state index contributed by atoms with van der Waals surface area (Å²) in [5, 5.41) is 11.5. The Kier molecular flexibility index (Phi) is 4.31. The smallest absolute Gasteiger partial charge is 0.286 e. The van der Waals surface area contributed by atoms with E-state index in [0.717, 1.165) is 11.1 Å². The quantitative estimate of drug-likeness (QED) is 0.609. The maximum Gasteiger partial charge on any atom is 0.286 e. The third-order valence-corrected chi connectivity index (χ3v) is 4.80. The van der Waals surface area contributed by atoms with Gasteiger partial charge in [0, 0.05) is 19.2 Å². The SMILES string of the molecule is COc1ccc2c(c1)CN(C(=O)c1cc3c(cc1[N+](=O)[O-])OCCO3)CC2. The molecule has 0 aliphatic carbocycles. The Hall–Kier alpha value is -3.29. The molecule has 27 heavy (non-hydrogen) atoms. The highest BCUT2D eigenvalue weighted by molar-refractivity contribution is 5.99. The third-order valence-electron chi connectivity index (χ3n) is 4.80. The largest absolute Gasteiger partial charge is 0.497 e. The van der Waals surface area contributed by atoms with E-state index in [4.69, 9.17) is 14.2 Å². The Morgan fingerprint density at radius 2 is 1.89 bits per heavy atom. The molecule has 2 aromatic carbocycles. The number of fused-ring (bicyclic) bond motifs is 2. The number of carbonyl (C=O) groups is 1. The van der Waals surface area contributed by atoms with Gasteiger partial charge in [-0.25, -0.2) is 0 Å². The molecule has 8 heteroatoms. The summed E-state index contributed by atoms with van der Waals surface area (Å²) in [5.41, 5.74) is 1.86. The molecule has 4 rings (SSSR count). The summed E-state index contributed by atoms with van der Waals surface area (Å²) in [6.07, 6.45) is 0.684. The first-order valence-corrected chi connectivity index (χ1v) is 8.60. The van der Waals surface area contributed by atoms with Crippen LogP contribution in [0.2, 0.25) is 0 Å². The van der Waals surface area contributed by atoms with Crippen LogP contribution >= 0.6 is 0 Å². The monoisotopic (exact) mass is 370 g/mol. The predicted molar refractivity (Wildman–Crippen MR) is 95.5 cm³/mol. The van der Waals surface area contributed by atoms with E-state index in [1.54, 1.807) is 12.0 Å². The fraction of sp³-hybridized carbons (Fsp3) is 0.316. The summed E-state index contributed by atoms with van der Waals surface area (Å²) in [5.74, 6) is 0.966. The highest BCUT2D eigenvalue weighted by atomic mass is 16.6. The third kappa shape index (κ3) is 3.14. The van der Waals surface area contributed by atoms with E-state index in [1.165, 1.54) is 12.1 Å². The van der Waals surface area contributed by atoms with Crippen LogP contribution in [0.15, 0.2) is 30.3 Å². The summed E-state index contributed by atoms with van der Waals surface area (Å²) in [6.45, 7) is 1.53. The zero-order valence-corrected chi connectivity index (χ0v) is 14.8. The molecule has 8 nitrogen and oxygen atoms in total. The van der Waals surface area contributed by atoms with E-state index in [9.17, 15) is 14.9 Å². The lowest BCUT2D eigenvalue weighted by Crippen LogP contribution is -2.36. The first kappa shape index (κ1) is 17.1. The first-order valence-electron chi connectivity index (χ1n) is 8.60. The first-order chi connectivity index (χ1) is 13.1. The maximum absolute atomic E-state index is 13.1. The summed E-state index contributed by atoms with van der Waals surface area (Å²) >= 11 is 0. The van der Waals surface area contributed by atoms with Crippen molar-refractivity contribution in [3.63, 3.8) is 0 Å². The fourth-order valence-electron chi connectivity index (χ4n) is 3.40. The molecule has 0 saturated carbocycles. The van der Waals surface area contributed by atoms with Gasteiger partial charge >= 0.3 is 0 Å². The Morgan fingerprint density at radius 1 is 1.15 bits per heavy atom. The summed E-state index contributed by atoms with van der Waals surface area (Å²) < 4.78 is 16.1. The van der Waals surface area contributed by atoms with Crippen LogP contribution in [0, 0.1) is 10.1 Å². The Bertz CT molecular complexity index is 927. The van der Waals surface area contributed by atoms with Gasteiger partial charge in [0.2, 0.25) is 0 Å². The molecule has 0 N–H and O–H groups in total. The van der Waals surface area contributed by atoms with Crippen molar-refractivity contribution in [2.24, 2.45) is 0 Å². The molecular weight excluding hydrogens is 352 g/mol. The lowest BCUT2D eigenvalue weighted by atomic mass is 9.98. The average molecular weight is 370 g/mol. The van der Waals surface area contributed by atoms with E-state index < -0.39 is 10.8 Å². The number of ether oxygens (including phenoxy) is 3. The number of methoxy groups -OCH3 is 1. The molecule has 0 bridgehead atoms. The number of hydrogen-bond acceptors (Lipinski definition) is 6. The minimum absolute atomic E-state index is 0.00981. The second-order valence-electron chi connectivity index (χ2n) is 6.38. The molecule has 0 unspecified atom stereocenters. The molecule has 2 aromatic rings. The highest BCUT2D eigenvalue weighted by Crippen LogP contribution is 2.37. The number of nitrogens with zero attached hydrogens (tertiary/aromatic N) is 2. The molecule has 140 valence electrons. The van der Waals surface area contributed by atoms with Crippen molar-refractivity contribution in [3.05, 3.63) is 57.1 Å². The van der Waals surface area contributed by atoms with Crippen LogP contribution in [-0.4, -0.2) is 42.6 Å². The van der Waals surface area contributed by atoms with Gasteiger partial charge in [-0.05, 0) is 29.7 Å². The Morgan fingerprint density at radius 3 is 2.59 bits per heavy atom. The van der Waals surface area contributed by atoms with Gasteiger partial charge in [-0.2, -0.15) is 0 Å². The van der Waals surface area contributed by atoms with Crippen molar-refractivity contribution in [2.45, 2.75) is 13.0 Å². The molecule has 2 aliphatic rings. The number of nitro groups is 1. The van der Waals surface area contributed by atoms with E-state index >= 15 is 0 Å². The number of rotatable bonds is 3. The molecular formula is C19H18N2O6. The van der Waals surface area contributed by atoms with Gasteiger partial charge in [0.15, 0.2) is 11.5 Å². The summed E-state index contributed by atoms with van der Waals surface area (Å²) in [7, 11) is 1.59. The average Bonchev–Trinajstić information content (AvgIpc) is 2.71. The van der Waals surface area contributed by atoms with Crippen molar-refractivity contribution in [1.82, 2.24) is 4.90 Å². The summed E-state index contributed by atoms with van der Waals surface area (Å²) in [4.78, 5) is 25.6. The van der Waals surface area contributed by atoms with Crippen molar-refractivity contribution < 1.29 is 23.9 Å². The molecule has 2 aliphatic heterocycles. The van der Waals surface area contributed by atoms with Gasteiger partial charge in [-0.15, -0.1) is 0 Å². The number of hydrogen-bond donors (Lipinski definition) is 0. The van der Waals surface area contributed by atoms with Crippen LogP contribution in [0.1, 0.15) is 21.5 Å². The molecule has 0 aromatic heterocycles. The molecule has 0 spiro atoms. The van der Waals surface area contributed by atoms with Gasteiger partial charge in [0.1, 0.15) is 24.5 Å². The Balaban J connectivity index is 1.67. The van der Waals surface area contributed by atoms with Crippen LogP contribution in [0.5, 0.6) is 17.2 Å². The van der Waals surface area contributed by atoms with E-state index in [1.807, 2.05) is 18.2 Å². The lowest BCUT2D eigenvalue weighted by Gasteiger charge is -2.29. The highest BCUT2D eigenvalue weighted by Gasteiger charge is 2.30. The number of nitro benzene ring substituents is 1. The van der Waals surface area contributed by atoms with E-state index in [2.05, 4.69) is 0 Å². The van der Waals surface area contributed by atoms with Crippen LogP contribution in [-0.2, 0) is 13.0 Å². The van der Waals surface area contributed by atoms with Gasteiger partial charge in [-0.1, -0.05) is 6.07 Å². The number of amides is 1. The second kappa shape index (κ2) is 6.79. The summed E-state index contributed by atoms with van der Waals surface area (Å²) in [6, 6.07) is 8.45. The molecule has 2 heterocycles. The van der Waals surface area contributed by atoms with Crippen LogP contribution in [0.25, 0.3) is 0 Å². The van der Waals surface area contributed by atoms with Crippen LogP contribution in [0.3, 0.4) is 0 Å². The zero-order chi connectivity index (χ0) is 19.0. The van der Waals surface area contributed by atoms with Crippen molar-refractivity contribution >= 4 is 11.6 Å². The van der Waals surface area contributed by atoms with Crippen molar-refractivity contribution in [3.8, 4) is 17.2 Å². The van der Waals surface area contributed by atoms with Crippen LogP contribution in [0.4, 0.5) is 5.69 Å². The molecule has 0 saturated heterocycles. The van der Waals surface area contributed by atoms with E-state index in [0.29, 0.717) is 50.0 Å². The van der Waals surface area contributed by atoms with Gasteiger partial charge in [-0.3, -0.25) is 14.9 Å². The van der Waals surface area contributed by atoms with Crippen molar-refractivity contribution in [2.75, 3.05) is 26.9 Å². The van der Waals surface area contributed by atoms with E-state index in [-0.39, 0.29) is 11.3 Å². The minimum Gasteiger partial charge on any atom is -0.497 e. The standard InChI is InChI=1S/C19H18N2O6/c1-25-14-3-2-12-4-5-20(11-13(12)8-14)19(22)15-9-17-18(27-7-6-26-17)10-16(15)21(23)24/h2-3,8-10H,4-7,11H2,1H3. The lowest BCUT2D eigenvalue weighted by molar-refractivity contribution is -0.385. The normalized spacial score (nSPS) is 15.1.